The van der Waals surface area contributed by atoms with Gasteiger partial charge in [0.05, 0.1) is 0 Å². The van der Waals surface area contributed by atoms with Crippen molar-refractivity contribution in [2.75, 3.05) is 5.32 Å². The van der Waals surface area contributed by atoms with Crippen LogP contribution in [0.1, 0.15) is 39.1 Å². The summed E-state index contributed by atoms with van der Waals surface area (Å²) in [7, 11) is 0. The highest BCUT2D eigenvalue weighted by Gasteiger charge is 2.14. The summed E-state index contributed by atoms with van der Waals surface area (Å²) < 4.78 is 5.73. The molecule has 1 N–H and O–H groups in total. The number of amides is 1. The lowest BCUT2D eigenvalue weighted by molar-refractivity contribution is 0.102. The Bertz CT molecular complexity index is 901. The third kappa shape index (κ3) is 4.29. The topological polar surface area (TPSA) is 51.2 Å². The molecule has 0 aliphatic rings. The van der Waals surface area contributed by atoms with Crippen LogP contribution in [0.3, 0.4) is 0 Å². The highest BCUT2D eigenvalue weighted by Crippen LogP contribution is 2.22. The maximum absolute atomic E-state index is 12.6. The zero-order chi connectivity index (χ0) is 18.5. The number of thiazole rings is 1. The zero-order valence-corrected chi connectivity index (χ0v) is 16.0. The first kappa shape index (κ1) is 18.1. The van der Waals surface area contributed by atoms with E-state index in [4.69, 9.17) is 4.74 Å². The number of nitrogens with zero attached hydrogens (tertiary/aromatic N) is 1. The SMILES string of the molecule is CCc1cccc(C)c1NC(=O)c1csc(COc2ccc(C)cc2)n1. The number of aryl methyl sites for hydroxylation is 3. The summed E-state index contributed by atoms with van der Waals surface area (Å²) >= 11 is 1.43. The molecular formula is C21H22N2O2S. The Hall–Kier alpha value is -2.66. The van der Waals surface area contributed by atoms with Crippen molar-refractivity contribution >= 4 is 22.9 Å². The number of benzene rings is 2. The smallest absolute Gasteiger partial charge is 0.275 e. The predicted octanol–water partition coefficient (Wildman–Crippen LogP) is 5.15. The van der Waals surface area contributed by atoms with Gasteiger partial charge >= 0.3 is 0 Å². The number of hydrogen-bond acceptors (Lipinski definition) is 4. The van der Waals surface area contributed by atoms with E-state index in [0.717, 1.165) is 34.0 Å². The summed E-state index contributed by atoms with van der Waals surface area (Å²) in [6, 6.07) is 13.9. The Balaban J connectivity index is 1.66. The Morgan fingerprint density at radius 2 is 1.92 bits per heavy atom. The first-order chi connectivity index (χ1) is 12.6. The van der Waals surface area contributed by atoms with Crippen LogP contribution < -0.4 is 10.1 Å². The summed E-state index contributed by atoms with van der Waals surface area (Å²) in [5.41, 5.74) is 4.66. The molecule has 0 aliphatic heterocycles. The number of hydrogen-bond donors (Lipinski definition) is 1. The lowest BCUT2D eigenvalue weighted by atomic mass is 10.1. The van der Waals surface area contributed by atoms with Gasteiger partial charge in [-0.3, -0.25) is 4.79 Å². The molecule has 26 heavy (non-hydrogen) atoms. The summed E-state index contributed by atoms with van der Waals surface area (Å²) in [6.45, 7) is 6.46. The number of carbonyl (C=O) groups excluding carboxylic acids is 1. The van der Waals surface area contributed by atoms with Crippen molar-refractivity contribution in [3.05, 3.63) is 75.2 Å². The van der Waals surface area contributed by atoms with Gasteiger partial charge in [0.2, 0.25) is 0 Å². The van der Waals surface area contributed by atoms with Crippen LogP contribution in [0.15, 0.2) is 47.8 Å². The molecule has 3 aromatic rings. The molecule has 0 unspecified atom stereocenters. The number of nitrogens with one attached hydrogen (secondary N) is 1. The van der Waals surface area contributed by atoms with E-state index >= 15 is 0 Å². The molecule has 1 aromatic heterocycles. The van der Waals surface area contributed by atoms with Crippen molar-refractivity contribution in [3.63, 3.8) is 0 Å². The van der Waals surface area contributed by atoms with Crippen LogP contribution in [0.4, 0.5) is 5.69 Å². The fourth-order valence-corrected chi connectivity index (χ4v) is 3.33. The Morgan fingerprint density at radius 3 is 2.65 bits per heavy atom. The first-order valence-electron chi connectivity index (χ1n) is 8.60. The minimum absolute atomic E-state index is 0.188. The maximum atomic E-state index is 12.6. The van der Waals surface area contributed by atoms with Gasteiger partial charge < -0.3 is 10.1 Å². The van der Waals surface area contributed by atoms with E-state index in [1.165, 1.54) is 16.9 Å². The molecule has 5 heteroatoms. The van der Waals surface area contributed by atoms with E-state index in [-0.39, 0.29) is 5.91 Å². The molecule has 4 nitrogen and oxygen atoms in total. The molecule has 0 radical (unpaired) electrons. The van der Waals surface area contributed by atoms with Gasteiger partial charge in [-0.15, -0.1) is 11.3 Å². The van der Waals surface area contributed by atoms with Crippen molar-refractivity contribution in [3.8, 4) is 5.75 Å². The highest BCUT2D eigenvalue weighted by atomic mass is 32.1. The molecule has 0 spiro atoms. The second kappa shape index (κ2) is 8.15. The third-order valence-electron chi connectivity index (χ3n) is 4.15. The quantitative estimate of drug-likeness (QED) is 0.656. The van der Waals surface area contributed by atoms with E-state index in [9.17, 15) is 4.79 Å². The summed E-state index contributed by atoms with van der Waals surface area (Å²) in [5.74, 6) is 0.608. The van der Waals surface area contributed by atoms with Crippen LogP contribution in [0, 0.1) is 13.8 Å². The summed E-state index contributed by atoms with van der Waals surface area (Å²) in [6.07, 6.45) is 0.865. The van der Waals surface area contributed by atoms with Crippen LogP contribution >= 0.6 is 11.3 Å². The highest BCUT2D eigenvalue weighted by molar-refractivity contribution is 7.09. The number of carbonyl (C=O) groups is 1. The molecule has 0 fully saturated rings. The summed E-state index contributed by atoms with van der Waals surface area (Å²) in [5, 5.41) is 5.55. The zero-order valence-electron chi connectivity index (χ0n) is 15.2. The van der Waals surface area contributed by atoms with Crippen molar-refractivity contribution in [1.82, 2.24) is 4.98 Å². The molecule has 134 valence electrons. The van der Waals surface area contributed by atoms with E-state index in [1.807, 2.05) is 56.3 Å². The van der Waals surface area contributed by atoms with Gasteiger partial charge in [-0.2, -0.15) is 0 Å². The molecule has 0 atom stereocenters. The molecule has 2 aromatic carbocycles. The van der Waals surface area contributed by atoms with Crippen molar-refractivity contribution < 1.29 is 9.53 Å². The normalized spacial score (nSPS) is 10.6. The largest absolute Gasteiger partial charge is 0.486 e. The van der Waals surface area contributed by atoms with Crippen molar-refractivity contribution in [2.24, 2.45) is 0 Å². The molecule has 3 rings (SSSR count). The molecule has 1 heterocycles. The number of anilines is 1. The van der Waals surface area contributed by atoms with Crippen molar-refractivity contribution in [1.29, 1.82) is 0 Å². The minimum Gasteiger partial charge on any atom is -0.486 e. The fraction of sp³-hybridized carbons (Fsp3) is 0.238. The second-order valence-electron chi connectivity index (χ2n) is 6.14. The van der Waals surface area contributed by atoms with Crippen LogP contribution in [0.5, 0.6) is 5.75 Å². The van der Waals surface area contributed by atoms with E-state index < -0.39 is 0 Å². The van der Waals surface area contributed by atoms with Crippen molar-refractivity contribution in [2.45, 2.75) is 33.8 Å². The van der Waals surface area contributed by atoms with Gasteiger partial charge in [0.25, 0.3) is 5.91 Å². The first-order valence-corrected chi connectivity index (χ1v) is 9.48. The van der Waals surface area contributed by atoms with Crippen LogP contribution in [0.25, 0.3) is 0 Å². The molecule has 0 aliphatic carbocycles. The number of rotatable bonds is 6. The Kier molecular flexibility index (Phi) is 5.68. The van der Waals surface area contributed by atoms with Gasteiger partial charge in [-0.25, -0.2) is 4.98 Å². The molecular weight excluding hydrogens is 344 g/mol. The van der Waals surface area contributed by atoms with Crippen LogP contribution in [0.2, 0.25) is 0 Å². The monoisotopic (exact) mass is 366 g/mol. The van der Waals surface area contributed by atoms with Gasteiger partial charge in [-0.05, 0) is 43.5 Å². The van der Waals surface area contributed by atoms with Gasteiger partial charge in [0, 0.05) is 11.1 Å². The van der Waals surface area contributed by atoms with Crippen LogP contribution in [-0.2, 0) is 13.0 Å². The van der Waals surface area contributed by atoms with E-state index in [2.05, 4.69) is 17.2 Å². The lowest BCUT2D eigenvalue weighted by Gasteiger charge is -2.12. The molecule has 1 amide bonds. The maximum Gasteiger partial charge on any atom is 0.275 e. The molecule has 0 bridgehead atoms. The van der Waals surface area contributed by atoms with Gasteiger partial charge in [-0.1, -0.05) is 42.8 Å². The number of ether oxygens (including phenoxy) is 1. The number of para-hydroxylation sites is 1. The summed E-state index contributed by atoms with van der Waals surface area (Å²) in [4.78, 5) is 17.0. The van der Waals surface area contributed by atoms with E-state index in [1.54, 1.807) is 5.38 Å². The average Bonchev–Trinajstić information content (AvgIpc) is 3.12. The standard InChI is InChI=1S/C21H22N2O2S/c1-4-16-7-5-6-15(3)20(16)23-21(24)18-13-26-19(22-18)12-25-17-10-8-14(2)9-11-17/h5-11,13H,4,12H2,1-3H3,(H,23,24). The Labute approximate surface area is 157 Å². The molecule has 0 saturated heterocycles. The average molecular weight is 366 g/mol. The predicted molar refractivity (Wildman–Crippen MR) is 106 cm³/mol. The second-order valence-corrected chi connectivity index (χ2v) is 7.09. The third-order valence-corrected chi connectivity index (χ3v) is 4.97. The Morgan fingerprint density at radius 1 is 1.15 bits per heavy atom. The number of aromatic nitrogens is 1. The van der Waals surface area contributed by atoms with E-state index in [0.29, 0.717) is 12.3 Å². The fourth-order valence-electron chi connectivity index (χ4n) is 2.64. The lowest BCUT2D eigenvalue weighted by Crippen LogP contribution is -2.15. The minimum atomic E-state index is -0.188. The van der Waals surface area contributed by atoms with Gasteiger partial charge in [0.1, 0.15) is 23.1 Å². The van der Waals surface area contributed by atoms with Crippen LogP contribution in [-0.4, -0.2) is 10.9 Å². The van der Waals surface area contributed by atoms with Gasteiger partial charge in [0.15, 0.2) is 0 Å². The molecule has 0 saturated carbocycles.